The Balaban J connectivity index is 2.01. The molecule has 0 saturated carbocycles. The molecule has 0 bridgehead atoms. The first-order chi connectivity index (χ1) is 9.34. The highest BCUT2D eigenvalue weighted by atomic mass is 35.5. The van der Waals surface area contributed by atoms with Gasteiger partial charge in [-0.3, -0.25) is 4.79 Å². The van der Waals surface area contributed by atoms with Crippen LogP contribution in [0.15, 0.2) is 29.4 Å². The number of nitrogens with zero attached hydrogens (tertiary/aromatic N) is 2. The summed E-state index contributed by atoms with van der Waals surface area (Å²) < 4.78 is 26.1. The molecule has 0 radical (unpaired) electrons. The summed E-state index contributed by atoms with van der Waals surface area (Å²) in [6.45, 7) is 0. The molecule has 0 aliphatic heterocycles. The Morgan fingerprint density at radius 3 is 2.55 bits per heavy atom. The van der Waals surface area contributed by atoms with E-state index in [1.165, 1.54) is 0 Å². The van der Waals surface area contributed by atoms with Gasteiger partial charge in [0.1, 0.15) is 0 Å². The summed E-state index contributed by atoms with van der Waals surface area (Å²) in [6, 6.07) is 6.86. The van der Waals surface area contributed by atoms with E-state index in [0.29, 0.717) is 5.02 Å². The number of hydrogen-bond donors (Lipinski definition) is 1. The first-order valence-electron chi connectivity index (χ1n) is 5.42. The van der Waals surface area contributed by atoms with Crippen molar-refractivity contribution in [2.75, 3.05) is 11.6 Å². The number of hydrogen-bond acceptors (Lipinski definition) is 6. The molecule has 1 heterocycles. The highest BCUT2D eigenvalue weighted by Crippen LogP contribution is 2.15. The second kappa shape index (κ2) is 5.86. The molecule has 9 heteroatoms. The van der Waals surface area contributed by atoms with Gasteiger partial charge in [-0.25, -0.2) is 8.42 Å². The predicted octanol–water partition coefficient (Wildman–Crippen LogP) is 1.78. The molecule has 0 unspecified atom stereocenters. The van der Waals surface area contributed by atoms with Crippen molar-refractivity contribution in [1.82, 2.24) is 9.36 Å². The summed E-state index contributed by atoms with van der Waals surface area (Å²) in [7, 11) is -3.46. The lowest BCUT2D eigenvalue weighted by atomic mass is 10.1. The zero-order chi connectivity index (χ0) is 14.8. The molecule has 1 aromatic carbocycles. The van der Waals surface area contributed by atoms with Crippen LogP contribution in [0, 0.1) is 0 Å². The molecule has 2 rings (SSSR count). The molecule has 20 heavy (non-hydrogen) atoms. The summed E-state index contributed by atoms with van der Waals surface area (Å²) in [6.07, 6.45) is 1.15. The van der Waals surface area contributed by atoms with Crippen LogP contribution in [0.3, 0.4) is 0 Å². The molecule has 1 N–H and O–H groups in total. The first-order valence-corrected chi connectivity index (χ1v) is 8.47. The smallest absolute Gasteiger partial charge is 0.260 e. The number of halogens is 1. The van der Waals surface area contributed by atoms with Crippen LogP contribution in [0.5, 0.6) is 0 Å². The Morgan fingerprint density at radius 2 is 2.00 bits per heavy atom. The lowest BCUT2D eigenvalue weighted by Crippen LogP contribution is -2.14. The number of anilines is 1. The van der Waals surface area contributed by atoms with Crippen molar-refractivity contribution in [2.45, 2.75) is 11.6 Å². The van der Waals surface area contributed by atoms with Crippen LogP contribution in [-0.2, 0) is 21.1 Å². The van der Waals surface area contributed by atoms with Gasteiger partial charge in [0.2, 0.25) is 20.9 Å². The molecule has 2 aromatic rings. The fourth-order valence-electron chi connectivity index (χ4n) is 1.36. The lowest BCUT2D eigenvalue weighted by molar-refractivity contribution is -0.115. The van der Waals surface area contributed by atoms with Crippen molar-refractivity contribution >= 4 is 44.0 Å². The van der Waals surface area contributed by atoms with Gasteiger partial charge in [0, 0.05) is 22.8 Å². The van der Waals surface area contributed by atoms with Crippen LogP contribution >= 0.6 is 23.1 Å². The zero-order valence-electron chi connectivity index (χ0n) is 10.3. The van der Waals surface area contributed by atoms with Crippen molar-refractivity contribution in [3.05, 3.63) is 34.9 Å². The summed E-state index contributed by atoms with van der Waals surface area (Å²) in [5, 5.41) is 2.97. The first kappa shape index (κ1) is 14.9. The summed E-state index contributed by atoms with van der Waals surface area (Å²) >= 11 is 6.57. The third-order valence-electron chi connectivity index (χ3n) is 2.26. The van der Waals surface area contributed by atoms with E-state index >= 15 is 0 Å². The van der Waals surface area contributed by atoms with Crippen LogP contribution in [0.25, 0.3) is 0 Å². The van der Waals surface area contributed by atoms with E-state index in [0.717, 1.165) is 23.4 Å². The molecule has 0 aliphatic carbocycles. The zero-order valence-corrected chi connectivity index (χ0v) is 12.7. The lowest BCUT2D eigenvalue weighted by Gasteiger charge is -2.01. The standard InChI is InChI=1S/C11H10ClN3O3S2/c1-20(17,18)11-14-10(19-15-11)13-9(16)6-7-2-4-8(12)5-3-7/h2-5H,6H2,1H3,(H,13,14,15,16). The maximum atomic E-state index is 11.8. The number of carbonyl (C=O) groups excluding carboxylic acids is 1. The second-order valence-corrected chi connectivity index (χ2v) is 7.10. The average molecular weight is 332 g/mol. The molecule has 0 saturated heterocycles. The Hall–Kier alpha value is -1.51. The third-order valence-corrected chi connectivity index (χ3v) is 4.11. The number of benzene rings is 1. The van der Waals surface area contributed by atoms with E-state index in [2.05, 4.69) is 14.7 Å². The van der Waals surface area contributed by atoms with Gasteiger partial charge in [-0.15, -0.1) is 0 Å². The van der Waals surface area contributed by atoms with E-state index in [4.69, 9.17) is 11.6 Å². The average Bonchev–Trinajstić information content (AvgIpc) is 2.80. The fourth-order valence-corrected chi connectivity index (χ4v) is 2.95. The van der Waals surface area contributed by atoms with Gasteiger partial charge in [-0.05, 0) is 17.7 Å². The number of carbonyl (C=O) groups is 1. The van der Waals surface area contributed by atoms with Gasteiger partial charge in [-0.2, -0.15) is 9.36 Å². The maximum Gasteiger partial charge on any atom is 0.260 e. The number of nitrogens with one attached hydrogen (secondary N) is 1. The minimum Gasteiger partial charge on any atom is -0.300 e. The fraction of sp³-hybridized carbons (Fsp3) is 0.182. The van der Waals surface area contributed by atoms with Crippen molar-refractivity contribution in [2.24, 2.45) is 0 Å². The number of sulfone groups is 1. The largest absolute Gasteiger partial charge is 0.300 e. The molecular weight excluding hydrogens is 322 g/mol. The highest BCUT2D eigenvalue weighted by molar-refractivity contribution is 7.90. The molecule has 0 spiro atoms. The van der Waals surface area contributed by atoms with E-state index in [1.54, 1.807) is 24.3 Å². The van der Waals surface area contributed by atoms with Gasteiger partial charge >= 0.3 is 0 Å². The van der Waals surface area contributed by atoms with E-state index in [1.807, 2.05) is 0 Å². The van der Waals surface area contributed by atoms with Gasteiger partial charge in [0.25, 0.3) is 5.16 Å². The topological polar surface area (TPSA) is 89.0 Å². The quantitative estimate of drug-likeness (QED) is 0.922. The highest BCUT2D eigenvalue weighted by Gasteiger charge is 2.15. The van der Waals surface area contributed by atoms with Crippen LogP contribution < -0.4 is 5.32 Å². The van der Waals surface area contributed by atoms with Crippen molar-refractivity contribution in [1.29, 1.82) is 0 Å². The van der Waals surface area contributed by atoms with Crippen LogP contribution in [0.2, 0.25) is 5.02 Å². The van der Waals surface area contributed by atoms with Gasteiger partial charge in [0.15, 0.2) is 0 Å². The van der Waals surface area contributed by atoms with E-state index in [-0.39, 0.29) is 22.6 Å². The third kappa shape index (κ3) is 3.99. The molecule has 1 aromatic heterocycles. The minimum absolute atomic E-state index is 0.144. The van der Waals surface area contributed by atoms with Crippen molar-refractivity contribution < 1.29 is 13.2 Å². The Labute approximate surface area is 124 Å². The summed E-state index contributed by atoms with van der Waals surface area (Å²) in [4.78, 5) is 15.5. The number of rotatable bonds is 4. The van der Waals surface area contributed by atoms with Crippen LogP contribution in [0.1, 0.15) is 5.56 Å². The number of aromatic nitrogens is 2. The van der Waals surface area contributed by atoms with Gasteiger partial charge in [0.05, 0.1) is 6.42 Å². The van der Waals surface area contributed by atoms with Crippen molar-refractivity contribution in [3.8, 4) is 0 Å². The molecule has 106 valence electrons. The molecule has 0 atom stereocenters. The van der Waals surface area contributed by atoms with E-state index in [9.17, 15) is 13.2 Å². The molecule has 0 fully saturated rings. The minimum atomic E-state index is -3.46. The second-order valence-electron chi connectivity index (χ2n) is 4.01. The van der Waals surface area contributed by atoms with E-state index < -0.39 is 9.84 Å². The number of amides is 1. The van der Waals surface area contributed by atoms with Crippen molar-refractivity contribution in [3.63, 3.8) is 0 Å². The Bertz CT molecular complexity index is 726. The monoisotopic (exact) mass is 331 g/mol. The Morgan fingerprint density at radius 1 is 1.35 bits per heavy atom. The summed E-state index contributed by atoms with van der Waals surface area (Å²) in [5.74, 6) is -0.302. The summed E-state index contributed by atoms with van der Waals surface area (Å²) in [5.41, 5.74) is 0.791. The SMILES string of the molecule is CS(=O)(=O)c1nsc(NC(=O)Cc2ccc(Cl)cc2)n1. The maximum absolute atomic E-state index is 11.8. The molecule has 1 amide bonds. The molecule has 0 aliphatic rings. The van der Waals surface area contributed by atoms with Gasteiger partial charge < -0.3 is 5.32 Å². The Kier molecular flexibility index (Phi) is 4.36. The predicted molar refractivity (Wildman–Crippen MR) is 76.8 cm³/mol. The molecule has 6 nitrogen and oxygen atoms in total. The van der Waals surface area contributed by atoms with Crippen LogP contribution in [0.4, 0.5) is 5.13 Å². The van der Waals surface area contributed by atoms with Gasteiger partial charge in [-0.1, -0.05) is 23.7 Å². The molecular formula is C11H10ClN3O3S2. The van der Waals surface area contributed by atoms with Crippen LogP contribution in [-0.4, -0.2) is 29.9 Å². The normalized spacial score (nSPS) is 11.3.